The van der Waals surface area contributed by atoms with E-state index in [-0.39, 0.29) is 5.78 Å². The van der Waals surface area contributed by atoms with Crippen molar-refractivity contribution in [1.82, 2.24) is 0 Å². The van der Waals surface area contributed by atoms with E-state index in [9.17, 15) is 4.79 Å². The quantitative estimate of drug-likeness (QED) is 0.708. The van der Waals surface area contributed by atoms with Crippen LogP contribution in [-0.2, 0) is 6.42 Å². The molecule has 0 aliphatic carbocycles. The lowest BCUT2D eigenvalue weighted by Gasteiger charge is -2.07. The second-order valence-corrected chi connectivity index (χ2v) is 5.93. The molecule has 0 saturated carbocycles. The van der Waals surface area contributed by atoms with Gasteiger partial charge in [-0.2, -0.15) is 0 Å². The molecule has 1 nitrogen and oxygen atoms in total. The van der Waals surface area contributed by atoms with Gasteiger partial charge in [-0.3, -0.25) is 4.79 Å². The third-order valence-electron chi connectivity index (χ3n) is 2.90. The minimum Gasteiger partial charge on any atom is -0.294 e. The van der Waals surface area contributed by atoms with Crippen molar-refractivity contribution in [2.45, 2.75) is 20.3 Å². The summed E-state index contributed by atoms with van der Waals surface area (Å²) >= 11 is 9.49. The molecule has 0 N–H and O–H groups in total. The van der Waals surface area contributed by atoms with Gasteiger partial charge in [-0.25, -0.2) is 0 Å². The summed E-state index contributed by atoms with van der Waals surface area (Å²) in [6.07, 6.45) is 0.374. The summed E-state index contributed by atoms with van der Waals surface area (Å²) in [5.74, 6) is 0.0382. The Morgan fingerprint density at radius 2 is 1.79 bits per heavy atom. The first-order chi connectivity index (χ1) is 8.97. The molecule has 2 rings (SSSR count). The molecule has 2 aromatic carbocycles. The van der Waals surface area contributed by atoms with Crippen LogP contribution in [-0.4, -0.2) is 5.78 Å². The third kappa shape index (κ3) is 3.46. The van der Waals surface area contributed by atoms with Gasteiger partial charge in [-0.05, 0) is 47.5 Å². The second-order valence-electron chi connectivity index (χ2n) is 4.70. The summed E-state index contributed by atoms with van der Waals surface area (Å²) in [7, 11) is 0. The van der Waals surface area contributed by atoms with Crippen LogP contribution in [0.5, 0.6) is 0 Å². The van der Waals surface area contributed by atoms with Gasteiger partial charge in [0.25, 0.3) is 0 Å². The number of carbonyl (C=O) groups excluding carboxylic acids is 1. The zero-order valence-electron chi connectivity index (χ0n) is 10.8. The van der Waals surface area contributed by atoms with Crippen LogP contribution in [0, 0.1) is 13.8 Å². The topological polar surface area (TPSA) is 17.1 Å². The van der Waals surface area contributed by atoms with E-state index in [4.69, 9.17) is 11.6 Å². The molecule has 0 aromatic heterocycles. The highest BCUT2D eigenvalue weighted by Crippen LogP contribution is 2.27. The normalized spacial score (nSPS) is 10.5. The SMILES string of the molecule is Cc1cc(C)cc(CC(=O)c2cccc(Br)c2Cl)c1. The standard InChI is InChI=1S/C16H14BrClO/c1-10-6-11(2)8-12(7-10)9-15(19)13-4-3-5-14(17)16(13)18/h3-8H,9H2,1-2H3. The molecule has 0 aliphatic heterocycles. The maximum atomic E-state index is 12.3. The van der Waals surface area contributed by atoms with Crippen molar-refractivity contribution >= 4 is 33.3 Å². The zero-order chi connectivity index (χ0) is 14.0. The van der Waals surface area contributed by atoms with Crippen LogP contribution in [0.2, 0.25) is 5.02 Å². The van der Waals surface area contributed by atoms with Crippen molar-refractivity contribution in [2.75, 3.05) is 0 Å². The predicted octanol–water partition coefficient (Wildman–Crippen LogP) is 5.14. The first kappa shape index (κ1) is 14.3. The maximum absolute atomic E-state index is 12.3. The van der Waals surface area contributed by atoms with Crippen molar-refractivity contribution < 1.29 is 4.79 Å². The molecule has 0 atom stereocenters. The van der Waals surface area contributed by atoms with Gasteiger partial charge in [0.1, 0.15) is 0 Å². The van der Waals surface area contributed by atoms with E-state index >= 15 is 0 Å². The lowest BCUT2D eigenvalue weighted by Crippen LogP contribution is -2.05. The van der Waals surface area contributed by atoms with Gasteiger partial charge >= 0.3 is 0 Å². The maximum Gasteiger partial charge on any atom is 0.168 e. The van der Waals surface area contributed by atoms with E-state index < -0.39 is 0 Å². The van der Waals surface area contributed by atoms with Gasteiger partial charge < -0.3 is 0 Å². The molecular formula is C16H14BrClO. The lowest BCUT2D eigenvalue weighted by atomic mass is 10.00. The number of hydrogen-bond acceptors (Lipinski definition) is 1. The summed E-state index contributed by atoms with van der Waals surface area (Å²) in [5.41, 5.74) is 3.93. The Morgan fingerprint density at radius 1 is 1.16 bits per heavy atom. The molecule has 0 aliphatic rings. The van der Waals surface area contributed by atoms with Gasteiger partial charge in [-0.15, -0.1) is 0 Å². The highest BCUT2D eigenvalue weighted by molar-refractivity contribution is 9.10. The summed E-state index contributed by atoms with van der Waals surface area (Å²) < 4.78 is 0.750. The number of carbonyl (C=O) groups is 1. The molecule has 0 amide bonds. The molecule has 0 fully saturated rings. The molecule has 0 unspecified atom stereocenters. The van der Waals surface area contributed by atoms with Crippen LogP contribution in [0.4, 0.5) is 0 Å². The van der Waals surface area contributed by atoms with Crippen LogP contribution in [0.1, 0.15) is 27.0 Å². The zero-order valence-corrected chi connectivity index (χ0v) is 13.2. The van der Waals surface area contributed by atoms with Crippen LogP contribution in [0.3, 0.4) is 0 Å². The van der Waals surface area contributed by atoms with E-state index in [0.29, 0.717) is 17.0 Å². The monoisotopic (exact) mass is 336 g/mol. The Labute approximate surface area is 126 Å². The predicted molar refractivity (Wildman–Crippen MR) is 83.1 cm³/mol. The first-order valence-electron chi connectivity index (χ1n) is 6.02. The first-order valence-corrected chi connectivity index (χ1v) is 7.19. The van der Waals surface area contributed by atoms with Gasteiger partial charge in [0, 0.05) is 16.5 Å². The lowest BCUT2D eigenvalue weighted by molar-refractivity contribution is 0.0993. The largest absolute Gasteiger partial charge is 0.294 e. The molecule has 0 bridgehead atoms. The third-order valence-corrected chi connectivity index (χ3v) is 4.19. The number of benzene rings is 2. The molecule has 2 aromatic rings. The molecule has 3 heteroatoms. The van der Waals surface area contributed by atoms with E-state index in [1.807, 2.05) is 38.1 Å². The Balaban J connectivity index is 2.28. The van der Waals surface area contributed by atoms with Crippen LogP contribution < -0.4 is 0 Å². The summed E-state index contributed by atoms with van der Waals surface area (Å²) in [5, 5.41) is 0.483. The Hall–Kier alpha value is -1.12. The molecule has 0 radical (unpaired) electrons. The highest BCUT2D eigenvalue weighted by Gasteiger charge is 2.13. The van der Waals surface area contributed by atoms with Crippen LogP contribution in [0.25, 0.3) is 0 Å². The number of hydrogen-bond donors (Lipinski definition) is 0. The number of ketones is 1. The number of Topliss-reactive ketones (excluding diaryl/α,β-unsaturated/α-hetero) is 1. The van der Waals surface area contributed by atoms with E-state index in [1.165, 1.54) is 11.1 Å². The van der Waals surface area contributed by atoms with Crippen LogP contribution in [0.15, 0.2) is 40.9 Å². The fraction of sp³-hybridized carbons (Fsp3) is 0.188. The summed E-state index contributed by atoms with van der Waals surface area (Å²) in [4.78, 5) is 12.3. The van der Waals surface area contributed by atoms with Crippen molar-refractivity contribution in [2.24, 2.45) is 0 Å². The second kappa shape index (κ2) is 5.89. The summed E-state index contributed by atoms with van der Waals surface area (Å²) in [6.45, 7) is 4.07. The number of halogens is 2. The Kier molecular flexibility index (Phi) is 4.43. The molecule has 0 heterocycles. The molecule has 0 saturated heterocycles. The van der Waals surface area contributed by atoms with Crippen molar-refractivity contribution in [3.05, 3.63) is 68.1 Å². The van der Waals surface area contributed by atoms with E-state index in [1.54, 1.807) is 6.07 Å². The molecule has 19 heavy (non-hydrogen) atoms. The number of rotatable bonds is 3. The van der Waals surface area contributed by atoms with Crippen LogP contribution >= 0.6 is 27.5 Å². The molecular weight excluding hydrogens is 324 g/mol. The number of aryl methyl sites for hydroxylation is 2. The van der Waals surface area contributed by atoms with Crippen molar-refractivity contribution in [1.29, 1.82) is 0 Å². The van der Waals surface area contributed by atoms with Crippen molar-refractivity contribution in [3.8, 4) is 0 Å². The van der Waals surface area contributed by atoms with Gasteiger partial charge in [0.2, 0.25) is 0 Å². The smallest absolute Gasteiger partial charge is 0.168 e. The Bertz CT molecular complexity index is 614. The van der Waals surface area contributed by atoms with Gasteiger partial charge in [0.15, 0.2) is 5.78 Å². The van der Waals surface area contributed by atoms with E-state index in [0.717, 1.165) is 10.0 Å². The minimum atomic E-state index is 0.0382. The summed E-state index contributed by atoms with van der Waals surface area (Å²) in [6, 6.07) is 11.6. The average Bonchev–Trinajstić information content (AvgIpc) is 2.31. The fourth-order valence-electron chi connectivity index (χ4n) is 2.17. The molecule has 98 valence electrons. The highest BCUT2D eigenvalue weighted by atomic mass is 79.9. The minimum absolute atomic E-state index is 0.0382. The van der Waals surface area contributed by atoms with Gasteiger partial charge in [0.05, 0.1) is 5.02 Å². The van der Waals surface area contributed by atoms with Crippen molar-refractivity contribution in [3.63, 3.8) is 0 Å². The Morgan fingerprint density at radius 3 is 2.42 bits per heavy atom. The van der Waals surface area contributed by atoms with E-state index in [2.05, 4.69) is 22.0 Å². The molecule has 0 spiro atoms. The fourth-order valence-corrected chi connectivity index (χ4v) is 2.77. The average molecular weight is 338 g/mol. The van der Waals surface area contributed by atoms with Gasteiger partial charge in [-0.1, -0.05) is 47.0 Å².